The first kappa shape index (κ1) is 20.4. The van der Waals surface area contributed by atoms with Gasteiger partial charge in [-0.3, -0.25) is 14.3 Å². The Labute approximate surface area is 186 Å². The van der Waals surface area contributed by atoms with E-state index in [1.54, 1.807) is 29.6 Å². The number of amides is 2. The zero-order valence-corrected chi connectivity index (χ0v) is 17.9. The van der Waals surface area contributed by atoms with Crippen LogP contribution in [0.5, 0.6) is 0 Å². The summed E-state index contributed by atoms with van der Waals surface area (Å²) in [5.74, 6) is 0.0955. The van der Waals surface area contributed by atoms with Crippen LogP contribution in [0.2, 0.25) is 0 Å². The summed E-state index contributed by atoms with van der Waals surface area (Å²) in [6.45, 7) is 0.754. The molecule has 1 N–H and O–H groups in total. The monoisotopic (exact) mass is 430 g/mol. The van der Waals surface area contributed by atoms with Gasteiger partial charge in [0.2, 0.25) is 5.91 Å². The molecule has 2 amide bonds. The lowest BCUT2D eigenvalue weighted by Crippen LogP contribution is -2.38. The highest BCUT2D eigenvalue weighted by Crippen LogP contribution is 2.30. The van der Waals surface area contributed by atoms with Gasteiger partial charge in [0.1, 0.15) is 6.33 Å². The van der Waals surface area contributed by atoms with Crippen molar-refractivity contribution >= 4 is 17.5 Å². The number of hydrogen-bond acceptors (Lipinski definition) is 5. The predicted octanol–water partition coefficient (Wildman–Crippen LogP) is 3.38. The number of rotatable bonds is 5. The molecule has 3 heterocycles. The Morgan fingerprint density at radius 3 is 2.56 bits per heavy atom. The summed E-state index contributed by atoms with van der Waals surface area (Å²) in [7, 11) is 0. The number of aromatic nitrogens is 4. The molecule has 1 aromatic carbocycles. The SMILES string of the molecule is O=C(NC1CCC(n2cc(-c3ccncn3)cn2)CC1)c1ccc(N2CCCC2=O)cc1. The highest BCUT2D eigenvalue weighted by atomic mass is 16.2. The molecular formula is C24H26N6O2. The molecule has 1 saturated heterocycles. The number of benzene rings is 1. The fraction of sp³-hybridized carbons (Fsp3) is 0.375. The second-order valence-corrected chi connectivity index (χ2v) is 8.48. The zero-order valence-electron chi connectivity index (χ0n) is 17.9. The van der Waals surface area contributed by atoms with Crippen molar-refractivity contribution in [2.24, 2.45) is 0 Å². The van der Waals surface area contributed by atoms with Crippen molar-refractivity contribution in [1.82, 2.24) is 25.1 Å². The van der Waals surface area contributed by atoms with Gasteiger partial charge in [0.15, 0.2) is 0 Å². The molecule has 3 aromatic rings. The van der Waals surface area contributed by atoms with Crippen LogP contribution in [0, 0.1) is 0 Å². The summed E-state index contributed by atoms with van der Waals surface area (Å²) in [6.07, 6.45) is 12.4. The van der Waals surface area contributed by atoms with Crippen LogP contribution in [0.4, 0.5) is 5.69 Å². The van der Waals surface area contributed by atoms with E-state index in [-0.39, 0.29) is 17.9 Å². The maximum atomic E-state index is 12.7. The number of nitrogens with zero attached hydrogens (tertiary/aromatic N) is 5. The number of carbonyl (C=O) groups excluding carboxylic acids is 2. The van der Waals surface area contributed by atoms with Crippen molar-refractivity contribution in [2.75, 3.05) is 11.4 Å². The third-order valence-electron chi connectivity index (χ3n) is 6.40. The van der Waals surface area contributed by atoms with Gasteiger partial charge in [0.05, 0.1) is 17.9 Å². The van der Waals surface area contributed by atoms with Crippen molar-refractivity contribution in [3.05, 3.63) is 60.8 Å². The highest BCUT2D eigenvalue weighted by Gasteiger charge is 2.25. The van der Waals surface area contributed by atoms with E-state index in [9.17, 15) is 9.59 Å². The number of hydrogen-bond donors (Lipinski definition) is 1. The molecule has 1 aliphatic heterocycles. The van der Waals surface area contributed by atoms with Crippen LogP contribution in [-0.4, -0.2) is 44.1 Å². The molecule has 2 aliphatic rings. The lowest BCUT2D eigenvalue weighted by Gasteiger charge is -2.29. The Morgan fingerprint density at radius 2 is 1.88 bits per heavy atom. The van der Waals surface area contributed by atoms with Crippen LogP contribution in [0.15, 0.2) is 55.2 Å². The van der Waals surface area contributed by atoms with Gasteiger partial charge in [-0.2, -0.15) is 5.10 Å². The van der Waals surface area contributed by atoms with E-state index in [4.69, 9.17) is 0 Å². The van der Waals surface area contributed by atoms with E-state index in [2.05, 4.69) is 20.4 Å². The lowest BCUT2D eigenvalue weighted by molar-refractivity contribution is -0.117. The highest BCUT2D eigenvalue weighted by molar-refractivity contribution is 5.97. The molecule has 8 heteroatoms. The first-order valence-electron chi connectivity index (χ1n) is 11.2. The second-order valence-electron chi connectivity index (χ2n) is 8.48. The van der Waals surface area contributed by atoms with Gasteiger partial charge >= 0.3 is 0 Å². The minimum absolute atomic E-state index is 0.0575. The molecule has 0 unspecified atom stereocenters. The summed E-state index contributed by atoms with van der Waals surface area (Å²) < 4.78 is 2.02. The Hall–Kier alpha value is -3.55. The number of carbonyl (C=O) groups is 2. The lowest BCUT2D eigenvalue weighted by atomic mass is 9.91. The molecule has 8 nitrogen and oxygen atoms in total. The minimum Gasteiger partial charge on any atom is -0.349 e. The van der Waals surface area contributed by atoms with Gasteiger partial charge in [0.25, 0.3) is 5.91 Å². The van der Waals surface area contributed by atoms with Crippen molar-refractivity contribution in [2.45, 2.75) is 50.6 Å². The van der Waals surface area contributed by atoms with Gasteiger partial charge in [0, 0.05) is 48.2 Å². The molecule has 5 rings (SSSR count). The smallest absolute Gasteiger partial charge is 0.251 e. The molecule has 0 atom stereocenters. The van der Waals surface area contributed by atoms with Gasteiger partial charge in [-0.25, -0.2) is 9.97 Å². The fourth-order valence-electron chi connectivity index (χ4n) is 4.60. The average Bonchev–Trinajstić information content (AvgIpc) is 3.50. The summed E-state index contributed by atoms with van der Waals surface area (Å²) in [6, 6.07) is 9.71. The Balaban J connectivity index is 1.14. The van der Waals surface area contributed by atoms with Crippen molar-refractivity contribution < 1.29 is 9.59 Å². The van der Waals surface area contributed by atoms with E-state index < -0.39 is 0 Å². The fourth-order valence-corrected chi connectivity index (χ4v) is 4.60. The normalized spacial score (nSPS) is 21.0. The van der Waals surface area contributed by atoms with Crippen LogP contribution in [0.1, 0.15) is 54.9 Å². The molecule has 32 heavy (non-hydrogen) atoms. The van der Waals surface area contributed by atoms with E-state index in [0.717, 1.165) is 55.6 Å². The molecule has 1 aliphatic carbocycles. The Kier molecular flexibility index (Phi) is 5.66. The van der Waals surface area contributed by atoms with Crippen LogP contribution < -0.4 is 10.2 Å². The largest absolute Gasteiger partial charge is 0.349 e. The molecule has 2 aromatic heterocycles. The van der Waals surface area contributed by atoms with Gasteiger partial charge in [-0.1, -0.05) is 0 Å². The first-order chi connectivity index (χ1) is 15.7. The Bertz CT molecular complexity index is 1090. The molecule has 0 radical (unpaired) electrons. The summed E-state index contributed by atoms with van der Waals surface area (Å²) >= 11 is 0. The number of anilines is 1. The first-order valence-corrected chi connectivity index (χ1v) is 11.2. The van der Waals surface area contributed by atoms with Crippen LogP contribution in [-0.2, 0) is 4.79 Å². The summed E-state index contributed by atoms with van der Waals surface area (Å²) in [5.41, 5.74) is 3.35. The summed E-state index contributed by atoms with van der Waals surface area (Å²) in [4.78, 5) is 34.6. The molecule has 0 bridgehead atoms. The molecule has 0 spiro atoms. The van der Waals surface area contributed by atoms with Crippen LogP contribution in [0.25, 0.3) is 11.3 Å². The van der Waals surface area contributed by atoms with Crippen molar-refractivity contribution in [3.63, 3.8) is 0 Å². The van der Waals surface area contributed by atoms with E-state index in [1.807, 2.05) is 35.3 Å². The standard InChI is InChI=1S/C24H26N6O2/c31-23-2-1-13-29(23)20-7-3-17(4-8-20)24(32)28-19-5-9-21(10-6-19)30-15-18(14-27-30)22-11-12-25-16-26-22/h3-4,7-8,11-12,14-16,19,21H,1-2,5-6,9-10,13H2,(H,28,32). The van der Waals surface area contributed by atoms with E-state index in [1.165, 1.54) is 0 Å². The molecular weight excluding hydrogens is 404 g/mol. The average molecular weight is 431 g/mol. The third-order valence-corrected chi connectivity index (χ3v) is 6.40. The minimum atomic E-state index is -0.0575. The van der Waals surface area contributed by atoms with E-state index >= 15 is 0 Å². The summed E-state index contributed by atoms with van der Waals surface area (Å²) in [5, 5.41) is 7.71. The zero-order chi connectivity index (χ0) is 21.9. The van der Waals surface area contributed by atoms with E-state index in [0.29, 0.717) is 18.0 Å². The molecule has 2 fully saturated rings. The number of nitrogens with one attached hydrogen (secondary N) is 1. The maximum Gasteiger partial charge on any atom is 0.251 e. The molecule has 164 valence electrons. The maximum absolute atomic E-state index is 12.7. The molecule has 1 saturated carbocycles. The van der Waals surface area contributed by atoms with Gasteiger partial charge in [-0.15, -0.1) is 0 Å². The van der Waals surface area contributed by atoms with Crippen molar-refractivity contribution in [3.8, 4) is 11.3 Å². The third kappa shape index (κ3) is 4.26. The van der Waals surface area contributed by atoms with Gasteiger partial charge in [-0.05, 0) is 62.4 Å². The second kappa shape index (κ2) is 8.90. The predicted molar refractivity (Wildman–Crippen MR) is 120 cm³/mol. The topological polar surface area (TPSA) is 93.0 Å². The quantitative estimate of drug-likeness (QED) is 0.670. The van der Waals surface area contributed by atoms with Gasteiger partial charge < -0.3 is 10.2 Å². The van der Waals surface area contributed by atoms with Crippen LogP contribution in [0.3, 0.4) is 0 Å². The Morgan fingerprint density at radius 1 is 1.06 bits per heavy atom. The van der Waals surface area contributed by atoms with Crippen LogP contribution >= 0.6 is 0 Å². The van der Waals surface area contributed by atoms with Crippen molar-refractivity contribution in [1.29, 1.82) is 0 Å².